The normalized spacial score (nSPS) is 18.9. The van der Waals surface area contributed by atoms with E-state index in [0.717, 1.165) is 0 Å². The van der Waals surface area contributed by atoms with Gasteiger partial charge >= 0.3 is 0 Å². The second-order valence-corrected chi connectivity index (χ2v) is 7.19. The van der Waals surface area contributed by atoms with Crippen LogP contribution in [0.5, 0.6) is 5.75 Å². The molecule has 0 aromatic heterocycles. The quantitative estimate of drug-likeness (QED) is 0.859. The first-order valence-electron chi connectivity index (χ1n) is 9.06. The van der Waals surface area contributed by atoms with E-state index in [0.29, 0.717) is 35.5 Å². The number of anilines is 1. The molecule has 2 amide bonds. The number of nitrogens with one attached hydrogen (secondary N) is 2. The van der Waals surface area contributed by atoms with E-state index in [-0.39, 0.29) is 18.4 Å². The third-order valence-electron chi connectivity index (χ3n) is 5.21. The monoisotopic (exact) mass is 345 g/mol. The van der Waals surface area contributed by atoms with Crippen molar-refractivity contribution in [2.24, 2.45) is 5.92 Å². The number of likely N-dealkylation sites (N-methyl/N-ethyl adjacent to an activating group) is 1. The van der Waals surface area contributed by atoms with Crippen molar-refractivity contribution < 1.29 is 14.3 Å². The molecule has 6 heteroatoms. The van der Waals surface area contributed by atoms with Crippen molar-refractivity contribution in [3.05, 3.63) is 23.8 Å². The molecule has 1 aromatic rings. The molecular formula is C19H27N3O3. The molecule has 1 heterocycles. The number of carbonyl (C=O) groups is 2. The van der Waals surface area contributed by atoms with Crippen LogP contribution in [0.15, 0.2) is 18.2 Å². The van der Waals surface area contributed by atoms with E-state index in [1.165, 1.54) is 32.1 Å². The fourth-order valence-electron chi connectivity index (χ4n) is 3.80. The van der Waals surface area contributed by atoms with Gasteiger partial charge < -0.3 is 20.3 Å². The molecule has 2 N–H and O–H groups in total. The maximum absolute atomic E-state index is 12.5. The first-order valence-corrected chi connectivity index (χ1v) is 9.06. The van der Waals surface area contributed by atoms with Crippen molar-refractivity contribution in [3.63, 3.8) is 0 Å². The number of nitrogens with zero attached hydrogens (tertiary/aromatic N) is 1. The second-order valence-electron chi connectivity index (χ2n) is 7.19. The molecule has 2 aliphatic rings. The van der Waals surface area contributed by atoms with Crippen LogP contribution in [-0.2, 0) is 4.79 Å². The van der Waals surface area contributed by atoms with Crippen LogP contribution in [0.1, 0.15) is 42.5 Å². The third-order valence-corrected chi connectivity index (χ3v) is 5.21. The van der Waals surface area contributed by atoms with Crippen molar-refractivity contribution in [3.8, 4) is 5.75 Å². The maximum Gasteiger partial charge on any atom is 0.262 e. The zero-order valence-corrected chi connectivity index (χ0v) is 15.0. The lowest BCUT2D eigenvalue weighted by molar-refractivity contribution is -0.118. The summed E-state index contributed by atoms with van der Waals surface area (Å²) in [5, 5.41) is 5.80. The van der Waals surface area contributed by atoms with Gasteiger partial charge in [-0.15, -0.1) is 0 Å². The van der Waals surface area contributed by atoms with Gasteiger partial charge in [0.2, 0.25) is 0 Å². The van der Waals surface area contributed by atoms with E-state index >= 15 is 0 Å². The molecule has 1 aliphatic carbocycles. The zero-order chi connectivity index (χ0) is 17.8. The number of fused-ring (bicyclic) bond motifs is 1. The highest BCUT2D eigenvalue weighted by molar-refractivity contribution is 5.98. The van der Waals surface area contributed by atoms with Crippen molar-refractivity contribution in [2.75, 3.05) is 32.6 Å². The van der Waals surface area contributed by atoms with Gasteiger partial charge in [0.05, 0.1) is 5.69 Å². The minimum Gasteiger partial charge on any atom is -0.482 e. The molecule has 1 atom stereocenters. The van der Waals surface area contributed by atoms with E-state index in [1.807, 2.05) is 0 Å². The highest BCUT2D eigenvalue weighted by Crippen LogP contribution is 2.29. The minimum absolute atomic E-state index is 0.0115. The molecule has 1 saturated carbocycles. The highest BCUT2D eigenvalue weighted by atomic mass is 16.5. The molecule has 0 bridgehead atoms. The second kappa shape index (κ2) is 7.87. The predicted octanol–water partition coefficient (Wildman–Crippen LogP) is 2.26. The Morgan fingerprint density at radius 2 is 2.08 bits per heavy atom. The minimum atomic E-state index is -0.175. The first kappa shape index (κ1) is 17.7. The fraction of sp³-hybridized carbons (Fsp3) is 0.579. The molecule has 0 saturated heterocycles. The number of amides is 2. The van der Waals surface area contributed by atoms with Gasteiger partial charge in [-0.2, -0.15) is 0 Å². The summed E-state index contributed by atoms with van der Waals surface area (Å²) in [4.78, 5) is 26.1. The van der Waals surface area contributed by atoms with Crippen LogP contribution in [0.2, 0.25) is 0 Å². The molecule has 0 spiro atoms. The summed E-state index contributed by atoms with van der Waals surface area (Å²) in [6, 6.07) is 5.48. The summed E-state index contributed by atoms with van der Waals surface area (Å²) in [5.74, 6) is 0.909. The number of benzene rings is 1. The molecule has 1 aliphatic heterocycles. The van der Waals surface area contributed by atoms with E-state index in [4.69, 9.17) is 4.74 Å². The zero-order valence-electron chi connectivity index (χ0n) is 15.0. The van der Waals surface area contributed by atoms with Crippen LogP contribution in [0.3, 0.4) is 0 Å². The molecule has 1 unspecified atom stereocenters. The molecule has 1 aromatic carbocycles. The van der Waals surface area contributed by atoms with Crippen molar-refractivity contribution in [2.45, 2.75) is 38.1 Å². The van der Waals surface area contributed by atoms with Crippen molar-refractivity contribution in [1.29, 1.82) is 0 Å². The lowest BCUT2D eigenvalue weighted by Gasteiger charge is -2.35. The smallest absolute Gasteiger partial charge is 0.262 e. The van der Waals surface area contributed by atoms with E-state index in [2.05, 4.69) is 29.6 Å². The predicted molar refractivity (Wildman–Crippen MR) is 96.9 cm³/mol. The lowest BCUT2D eigenvalue weighted by atomic mass is 9.83. The van der Waals surface area contributed by atoms with Crippen LogP contribution in [-0.4, -0.2) is 50.0 Å². The molecule has 1 fully saturated rings. The van der Waals surface area contributed by atoms with Crippen LogP contribution in [0, 0.1) is 5.92 Å². The fourth-order valence-corrected chi connectivity index (χ4v) is 3.80. The summed E-state index contributed by atoms with van der Waals surface area (Å²) >= 11 is 0. The SMILES string of the molecule is CN(C)C(CNC(=O)c1ccc2c(c1)OCC(=O)N2)C1CCCCC1. The van der Waals surface area contributed by atoms with Crippen molar-refractivity contribution in [1.82, 2.24) is 10.2 Å². The van der Waals surface area contributed by atoms with Gasteiger partial charge in [-0.3, -0.25) is 9.59 Å². The number of rotatable bonds is 5. The Kier molecular flexibility index (Phi) is 5.58. The van der Waals surface area contributed by atoms with Gasteiger partial charge in [0.15, 0.2) is 6.61 Å². The van der Waals surface area contributed by atoms with Gasteiger partial charge in [-0.25, -0.2) is 0 Å². The van der Waals surface area contributed by atoms with Crippen LogP contribution < -0.4 is 15.4 Å². The third kappa shape index (κ3) is 4.31. The summed E-state index contributed by atoms with van der Waals surface area (Å²) in [6.45, 7) is 0.633. The lowest BCUT2D eigenvalue weighted by Crippen LogP contribution is -2.45. The van der Waals surface area contributed by atoms with Gasteiger partial charge in [0.25, 0.3) is 11.8 Å². The van der Waals surface area contributed by atoms with E-state index in [1.54, 1.807) is 18.2 Å². The Bertz CT molecular complexity index is 639. The van der Waals surface area contributed by atoms with Crippen LogP contribution in [0.4, 0.5) is 5.69 Å². The Balaban J connectivity index is 1.62. The average Bonchev–Trinajstić information content (AvgIpc) is 2.62. The number of hydrogen-bond acceptors (Lipinski definition) is 4. The van der Waals surface area contributed by atoms with Gasteiger partial charge in [0.1, 0.15) is 5.75 Å². The van der Waals surface area contributed by atoms with E-state index < -0.39 is 0 Å². The Morgan fingerprint density at radius 3 is 2.80 bits per heavy atom. The number of carbonyl (C=O) groups excluding carboxylic acids is 2. The summed E-state index contributed by atoms with van der Waals surface area (Å²) in [7, 11) is 4.17. The molecule has 0 radical (unpaired) electrons. The molecule has 3 rings (SSSR count). The maximum atomic E-state index is 12.5. The Morgan fingerprint density at radius 1 is 1.32 bits per heavy atom. The Labute approximate surface area is 148 Å². The topological polar surface area (TPSA) is 70.7 Å². The van der Waals surface area contributed by atoms with Gasteiger partial charge in [-0.1, -0.05) is 19.3 Å². The Hall–Kier alpha value is -2.08. The number of ether oxygens (including phenoxy) is 1. The van der Waals surface area contributed by atoms with Crippen LogP contribution in [0.25, 0.3) is 0 Å². The number of hydrogen-bond donors (Lipinski definition) is 2. The standard InChI is InChI=1S/C19H27N3O3/c1-22(2)16(13-6-4-3-5-7-13)11-20-19(24)14-8-9-15-17(10-14)25-12-18(23)21-15/h8-10,13,16H,3-7,11-12H2,1-2H3,(H,20,24)(H,21,23). The van der Waals surface area contributed by atoms with Gasteiger partial charge in [-0.05, 0) is 51.1 Å². The summed E-state index contributed by atoms with van der Waals surface area (Å²) in [6.07, 6.45) is 6.39. The van der Waals surface area contributed by atoms with Crippen molar-refractivity contribution >= 4 is 17.5 Å². The highest BCUT2D eigenvalue weighted by Gasteiger charge is 2.26. The molecule has 25 heavy (non-hydrogen) atoms. The average molecular weight is 345 g/mol. The molecule has 136 valence electrons. The van der Waals surface area contributed by atoms with Crippen LogP contribution >= 0.6 is 0 Å². The summed E-state index contributed by atoms with van der Waals surface area (Å²) in [5.41, 5.74) is 1.16. The largest absolute Gasteiger partial charge is 0.482 e. The van der Waals surface area contributed by atoms with Gasteiger partial charge in [0, 0.05) is 18.2 Å². The van der Waals surface area contributed by atoms with E-state index in [9.17, 15) is 9.59 Å². The summed E-state index contributed by atoms with van der Waals surface area (Å²) < 4.78 is 5.39. The molecule has 6 nitrogen and oxygen atoms in total. The molecular weight excluding hydrogens is 318 g/mol. The first-order chi connectivity index (χ1) is 12.0.